The fourth-order valence-corrected chi connectivity index (χ4v) is 4.67. The van der Waals surface area contributed by atoms with E-state index >= 15 is 0 Å². The number of esters is 1. The number of ether oxygens (including phenoxy) is 2. The normalized spacial score (nSPS) is 17.9. The Morgan fingerprint density at radius 1 is 1.12 bits per heavy atom. The van der Waals surface area contributed by atoms with Crippen molar-refractivity contribution >= 4 is 35.5 Å². The van der Waals surface area contributed by atoms with Crippen molar-refractivity contribution in [1.29, 1.82) is 5.41 Å². The molecule has 1 saturated heterocycles. The number of aromatic nitrogens is 1. The summed E-state index contributed by atoms with van der Waals surface area (Å²) in [6.07, 6.45) is 6.61. The van der Waals surface area contributed by atoms with Gasteiger partial charge in [-0.25, -0.2) is 14.6 Å². The molecule has 2 aliphatic heterocycles. The average Bonchev–Trinajstić information content (AvgIpc) is 3.36. The number of nitrogens with two attached hydrogens (primary N) is 1. The smallest absolute Gasteiger partial charge is 0.410 e. The van der Waals surface area contributed by atoms with Crippen LogP contribution in [0, 0.1) is 5.41 Å². The number of methoxy groups -OCH3 is 1. The number of likely N-dealkylation sites (tertiary alicyclic amines) is 1. The standard InChI is InChI=1S/C29H44N8O5/c1-29(2,3)42-28(40)36-15-11-21(12-16-36)37-19-22(31)25(35-37)26(38)33-14-7-5-6-13-32-18-20(17-30)23-9-8-10-24(34-23)27(39)41-4/h8-10,17-18,21-22,30,32H,5-7,11-16,19,31H2,1-4H3,(H,33,38)/b20-18+,30-17?. The molecule has 1 unspecified atom stereocenters. The van der Waals surface area contributed by atoms with Gasteiger partial charge in [0.25, 0.3) is 5.91 Å². The molecule has 13 heteroatoms. The summed E-state index contributed by atoms with van der Waals surface area (Å²) < 4.78 is 10.2. The Morgan fingerprint density at radius 2 is 1.81 bits per heavy atom. The number of pyridine rings is 1. The number of hydrogen-bond acceptors (Lipinski definition) is 11. The molecule has 3 rings (SSSR count). The number of nitrogens with one attached hydrogen (secondary N) is 3. The summed E-state index contributed by atoms with van der Waals surface area (Å²) in [7, 11) is 1.30. The maximum atomic E-state index is 12.7. The number of unbranched alkanes of at least 4 members (excludes halogenated alkanes) is 2. The van der Waals surface area contributed by atoms with Crippen molar-refractivity contribution in [1.82, 2.24) is 25.5 Å². The van der Waals surface area contributed by atoms with Gasteiger partial charge in [0.15, 0.2) is 0 Å². The summed E-state index contributed by atoms with van der Waals surface area (Å²) in [6, 6.07) is 4.66. The van der Waals surface area contributed by atoms with Gasteiger partial charge in [-0.2, -0.15) is 5.10 Å². The lowest BCUT2D eigenvalue weighted by Gasteiger charge is -2.36. The van der Waals surface area contributed by atoms with Gasteiger partial charge in [-0.1, -0.05) is 6.07 Å². The van der Waals surface area contributed by atoms with E-state index in [1.807, 2.05) is 25.8 Å². The number of amides is 2. The van der Waals surface area contributed by atoms with Crippen molar-refractivity contribution in [3.63, 3.8) is 0 Å². The van der Waals surface area contributed by atoms with Crippen molar-refractivity contribution in [3.8, 4) is 0 Å². The van der Waals surface area contributed by atoms with Gasteiger partial charge >= 0.3 is 12.1 Å². The van der Waals surface area contributed by atoms with E-state index < -0.39 is 17.6 Å². The Kier molecular flexibility index (Phi) is 11.8. The van der Waals surface area contributed by atoms with E-state index in [-0.39, 0.29) is 23.7 Å². The summed E-state index contributed by atoms with van der Waals surface area (Å²) in [5, 5.41) is 20.2. The van der Waals surface area contributed by atoms with Crippen LogP contribution in [0.1, 0.15) is 69.1 Å². The first kappa shape index (κ1) is 32.5. The largest absolute Gasteiger partial charge is 0.464 e. The van der Waals surface area contributed by atoms with Crippen LogP contribution in [-0.2, 0) is 14.3 Å². The summed E-state index contributed by atoms with van der Waals surface area (Å²) in [5.41, 5.74) is 7.29. The Morgan fingerprint density at radius 3 is 2.48 bits per heavy atom. The first-order valence-corrected chi connectivity index (χ1v) is 14.4. The fourth-order valence-electron chi connectivity index (χ4n) is 4.67. The van der Waals surface area contributed by atoms with Crippen LogP contribution < -0.4 is 16.4 Å². The Bertz CT molecular complexity index is 1170. The first-order chi connectivity index (χ1) is 20.0. The van der Waals surface area contributed by atoms with Crippen molar-refractivity contribution < 1.29 is 23.9 Å². The highest BCUT2D eigenvalue weighted by Crippen LogP contribution is 2.22. The van der Waals surface area contributed by atoms with Crippen molar-refractivity contribution in [2.45, 2.75) is 70.6 Å². The average molecular weight is 585 g/mol. The van der Waals surface area contributed by atoms with Crippen LogP contribution in [0.3, 0.4) is 0 Å². The number of hydrazone groups is 1. The minimum Gasteiger partial charge on any atom is -0.464 e. The Hall–Kier alpha value is -4.00. The van der Waals surface area contributed by atoms with Gasteiger partial charge in [-0.15, -0.1) is 0 Å². The molecule has 13 nitrogen and oxygen atoms in total. The van der Waals surface area contributed by atoms with E-state index in [0.29, 0.717) is 49.7 Å². The molecule has 0 radical (unpaired) electrons. The van der Waals surface area contributed by atoms with Crippen molar-refractivity contribution in [2.24, 2.45) is 10.8 Å². The molecule has 1 atom stereocenters. The van der Waals surface area contributed by atoms with E-state index in [2.05, 4.69) is 20.7 Å². The molecule has 0 aliphatic carbocycles. The highest BCUT2D eigenvalue weighted by Gasteiger charge is 2.35. The van der Waals surface area contributed by atoms with Crippen molar-refractivity contribution in [2.75, 3.05) is 39.8 Å². The topological polar surface area (TPSA) is 175 Å². The second kappa shape index (κ2) is 15.3. The zero-order valence-corrected chi connectivity index (χ0v) is 25.0. The zero-order valence-electron chi connectivity index (χ0n) is 25.0. The molecule has 3 heterocycles. The molecule has 2 aliphatic rings. The van der Waals surface area contributed by atoms with Crippen LogP contribution in [0.15, 0.2) is 29.5 Å². The van der Waals surface area contributed by atoms with Crippen molar-refractivity contribution in [3.05, 3.63) is 35.8 Å². The molecule has 230 valence electrons. The van der Waals surface area contributed by atoms with Gasteiger partial charge in [0.05, 0.1) is 31.4 Å². The van der Waals surface area contributed by atoms with E-state index in [0.717, 1.165) is 32.1 Å². The molecule has 2 amide bonds. The Balaban J connectivity index is 1.35. The molecular weight excluding hydrogens is 540 g/mol. The number of nitrogens with zero attached hydrogens (tertiary/aromatic N) is 4. The second-order valence-corrected chi connectivity index (χ2v) is 11.3. The number of piperidine rings is 1. The lowest BCUT2D eigenvalue weighted by atomic mass is 10.0. The maximum absolute atomic E-state index is 12.7. The van der Waals surface area contributed by atoms with Gasteiger partial charge in [0, 0.05) is 44.2 Å². The lowest BCUT2D eigenvalue weighted by Crippen LogP contribution is -2.47. The van der Waals surface area contributed by atoms with E-state index in [4.69, 9.17) is 20.6 Å². The second-order valence-electron chi connectivity index (χ2n) is 11.3. The molecule has 5 N–H and O–H groups in total. The molecule has 0 saturated carbocycles. The number of carbonyl (C=O) groups is 3. The van der Waals surface area contributed by atoms with Gasteiger partial charge < -0.3 is 36.2 Å². The highest BCUT2D eigenvalue weighted by atomic mass is 16.6. The quantitative estimate of drug-likeness (QED) is 0.163. The SMILES string of the molecule is COC(=O)c1cccc(/C(C=N)=C/NCCCCCNC(=O)C2=NN(C3CCN(C(=O)OC(C)(C)C)CC3)CC2N)n1. The van der Waals surface area contributed by atoms with Gasteiger partial charge in [0.2, 0.25) is 0 Å². The molecule has 0 bridgehead atoms. The number of allylic oxidation sites excluding steroid dienone is 1. The highest BCUT2D eigenvalue weighted by molar-refractivity contribution is 6.41. The molecule has 1 fully saturated rings. The third-order valence-electron chi connectivity index (χ3n) is 6.88. The van der Waals surface area contributed by atoms with Crippen LogP contribution >= 0.6 is 0 Å². The zero-order chi connectivity index (χ0) is 30.7. The van der Waals surface area contributed by atoms with E-state index in [9.17, 15) is 14.4 Å². The summed E-state index contributed by atoms with van der Waals surface area (Å²) >= 11 is 0. The van der Waals surface area contributed by atoms with Crippen LogP contribution in [0.2, 0.25) is 0 Å². The molecule has 1 aromatic rings. The predicted octanol–water partition coefficient (Wildman–Crippen LogP) is 2.13. The summed E-state index contributed by atoms with van der Waals surface area (Å²) in [4.78, 5) is 42.7. The monoisotopic (exact) mass is 584 g/mol. The van der Waals surface area contributed by atoms with Gasteiger partial charge in [0.1, 0.15) is 17.0 Å². The van der Waals surface area contributed by atoms with Crippen LogP contribution in [0.25, 0.3) is 5.57 Å². The number of rotatable bonds is 12. The van der Waals surface area contributed by atoms with E-state index in [1.54, 1.807) is 29.3 Å². The minimum absolute atomic E-state index is 0.127. The minimum atomic E-state index is -0.530. The molecular formula is C29H44N8O5. The first-order valence-electron chi connectivity index (χ1n) is 14.4. The summed E-state index contributed by atoms with van der Waals surface area (Å²) in [5.74, 6) is -0.771. The van der Waals surface area contributed by atoms with Crippen LogP contribution in [0.4, 0.5) is 4.79 Å². The third-order valence-corrected chi connectivity index (χ3v) is 6.88. The molecule has 0 spiro atoms. The summed E-state index contributed by atoms with van der Waals surface area (Å²) in [6.45, 7) is 8.40. The predicted molar refractivity (Wildman–Crippen MR) is 160 cm³/mol. The number of hydrogen-bond donors (Lipinski definition) is 4. The van der Waals surface area contributed by atoms with Crippen LogP contribution in [-0.4, -0.2) is 102 Å². The molecule has 1 aromatic heterocycles. The fraction of sp³-hybridized carbons (Fsp3) is 0.586. The number of carbonyl (C=O) groups excluding carboxylic acids is 3. The lowest BCUT2D eigenvalue weighted by molar-refractivity contribution is -0.114. The van der Waals surface area contributed by atoms with E-state index in [1.165, 1.54) is 13.3 Å². The van der Waals surface area contributed by atoms with Gasteiger partial charge in [-0.3, -0.25) is 9.80 Å². The molecule has 0 aromatic carbocycles. The Labute approximate surface area is 247 Å². The van der Waals surface area contributed by atoms with Gasteiger partial charge in [-0.05, 0) is 65.0 Å². The third kappa shape index (κ3) is 9.54. The van der Waals surface area contributed by atoms with Crippen LogP contribution in [0.5, 0.6) is 0 Å². The molecule has 42 heavy (non-hydrogen) atoms. The maximum Gasteiger partial charge on any atom is 0.410 e.